The van der Waals surface area contributed by atoms with Gasteiger partial charge in [0.05, 0.1) is 18.6 Å². The average molecular weight is 1330 g/mol. The van der Waals surface area contributed by atoms with E-state index in [4.69, 9.17) is 11.5 Å². The van der Waals surface area contributed by atoms with Gasteiger partial charge in [0.25, 0.3) is 0 Å². The quantitative estimate of drug-likeness (QED) is 0.0176. The van der Waals surface area contributed by atoms with Crippen LogP contribution in [0.25, 0.3) is 10.9 Å². The lowest BCUT2D eigenvalue weighted by Crippen LogP contribution is -2.61. The highest BCUT2D eigenvalue weighted by Gasteiger charge is 2.42. The van der Waals surface area contributed by atoms with Crippen molar-refractivity contribution in [3.05, 3.63) is 102 Å². The number of aromatic amines is 1. The number of hydrogen-bond acceptors (Lipinski definition) is 18. The number of fused-ring (bicyclic) bond motifs is 1. The highest BCUT2D eigenvalue weighted by Crippen LogP contribution is 2.22. The van der Waals surface area contributed by atoms with Crippen molar-refractivity contribution < 1.29 is 78.0 Å². The van der Waals surface area contributed by atoms with E-state index in [1.165, 1.54) is 38.1 Å². The van der Waals surface area contributed by atoms with E-state index < -0.39 is 162 Å². The van der Waals surface area contributed by atoms with Crippen molar-refractivity contribution in [3.8, 4) is 5.75 Å². The number of phenolic OH excluding ortho intramolecular Hbond substituents is 1. The van der Waals surface area contributed by atoms with E-state index in [0.29, 0.717) is 34.0 Å². The second-order valence-electron chi connectivity index (χ2n) is 23.1. The summed E-state index contributed by atoms with van der Waals surface area (Å²) in [5.41, 5.74) is 13.7. The van der Waals surface area contributed by atoms with Crippen LogP contribution >= 0.6 is 25.3 Å². The third-order valence-corrected chi connectivity index (χ3v) is 16.1. The number of aliphatic hydroxyl groups is 1. The van der Waals surface area contributed by atoms with Crippen LogP contribution in [-0.2, 0) is 76.8 Å². The molecule has 12 atom stereocenters. The summed E-state index contributed by atoms with van der Waals surface area (Å²) in [7, 11) is 0. The maximum atomic E-state index is 15.0. The zero-order valence-electron chi connectivity index (χ0n) is 52.0. The van der Waals surface area contributed by atoms with Gasteiger partial charge < -0.3 is 89.6 Å². The molecule has 0 saturated carbocycles. The van der Waals surface area contributed by atoms with Crippen molar-refractivity contribution in [2.45, 2.75) is 158 Å². The molecule has 5 rings (SSSR count). The first-order valence-corrected chi connectivity index (χ1v) is 31.6. The molecule has 3 aromatic carbocycles. The van der Waals surface area contributed by atoms with Crippen LogP contribution in [0.1, 0.15) is 82.9 Å². The molecule has 1 aromatic heterocycles. The summed E-state index contributed by atoms with van der Waals surface area (Å²) in [6.07, 6.45) is -0.510. The maximum absolute atomic E-state index is 15.0. The molecule has 1 fully saturated rings. The first-order valence-electron chi connectivity index (χ1n) is 30.4. The van der Waals surface area contributed by atoms with E-state index in [1.54, 1.807) is 74.6 Å². The third kappa shape index (κ3) is 22.5. The minimum Gasteiger partial charge on any atom is -0.508 e. The maximum Gasteiger partial charge on any atom is 0.326 e. The Morgan fingerprint density at radius 3 is 1.59 bits per heavy atom. The number of aliphatic carboxylic acids is 2. The monoisotopic (exact) mass is 1330 g/mol. The van der Waals surface area contributed by atoms with Crippen molar-refractivity contribution in [1.29, 1.82) is 0 Å². The van der Waals surface area contributed by atoms with Gasteiger partial charge in [0, 0.05) is 54.4 Å². The molecule has 4 aromatic rings. The van der Waals surface area contributed by atoms with Gasteiger partial charge >= 0.3 is 11.9 Å². The summed E-state index contributed by atoms with van der Waals surface area (Å²) >= 11 is 8.53. The number of aromatic hydroxyl groups is 1. The van der Waals surface area contributed by atoms with Gasteiger partial charge in [0.2, 0.25) is 59.1 Å². The Balaban J connectivity index is 1.43. The topological polar surface area (TPSA) is 465 Å². The van der Waals surface area contributed by atoms with Gasteiger partial charge in [-0.05, 0) is 93.3 Å². The third-order valence-electron chi connectivity index (χ3n) is 15.4. The molecule has 1 unspecified atom stereocenters. The molecule has 31 heteroatoms. The van der Waals surface area contributed by atoms with Gasteiger partial charge in [0.15, 0.2) is 0 Å². The molecule has 1 saturated heterocycles. The molecular weight excluding hydrogens is 1250 g/mol. The normalized spacial score (nSPS) is 16.5. The Morgan fingerprint density at radius 2 is 1.06 bits per heavy atom. The number of nitrogens with two attached hydrogens (primary N) is 2. The Labute approximate surface area is 548 Å². The SMILES string of the molecule is CC(N)C(=O)N[C@H](C(=O)N1CCC[C@@H]1C(=O)N[C@@H](CC(=O)O)C(=O)N[C@@H](CS)C(=O)N[C@@H](Cc1ccccc1)C(=O)N[C@@H](Cc1c[nH]c2ccccc12)C(=O)N[C@@H](CCCCN)C(=O)N[C@@H](Cc1ccc(O)cc1)C(=O)N[C@@H](CS)C(=O)N[C@H](C(=O)O)C(C)C)[C@@H](C)O. The predicted octanol–water partition coefficient (Wildman–Crippen LogP) is -1.81. The number of aliphatic hydroxyl groups excluding tert-OH is 1. The van der Waals surface area contributed by atoms with Crippen LogP contribution in [0.15, 0.2) is 85.1 Å². The van der Waals surface area contributed by atoms with Crippen molar-refractivity contribution in [1.82, 2.24) is 57.7 Å². The Bertz CT molecular complexity index is 3260. The Hall–Kier alpha value is -8.78. The van der Waals surface area contributed by atoms with Gasteiger partial charge in [-0.15, -0.1) is 0 Å². The number of benzene rings is 3. The summed E-state index contributed by atoms with van der Waals surface area (Å²) in [6, 6.07) is 5.22. The summed E-state index contributed by atoms with van der Waals surface area (Å²) in [5, 5.41) is 63.7. The molecule has 2 heterocycles. The summed E-state index contributed by atoms with van der Waals surface area (Å²) in [4.78, 5) is 169. The van der Waals surface area contributed by atoms with Crippen molar-refractivity contribution in [2.24, 2.45) is 17.4 Å². The fraction of sp³-hybridized carbons (Fsp3) is 0.484. The number of likely N-dealkylation sites (tertiary alicyclic amines) is 1. The largest absolute Gasteiger partial charge is 0.508 e. The number of carbonyl (C=O) groups is 12. The average Bonchev–Trinajstić information content (AvgIpc) is 1.78. The summed E-state index contributed by atoms with van der Waals surface area (Å²) in [5.74, 6) is -13.4. The molecule has 18 N–H and O–H groups in total. The zero-order chi connectivity index (χ0) is 68.6. The van der Waals surface area contributed by atoms with Gasteiger partial charge in [-0.25, -0.2) is 4.79 Å². The summed E-state index contributed by atoms with van der Waals surface area (Å²) < 4.78 is 0. The number of carboxylic acid groups (broad SMARTS) is 2. The number of H-pyrrole nitrogens is 1. The number of thiol groups is 2. The van der Waals surface area contributed by atoms with Crippen LogP contribution < -0.4 is 59.3 Å². The van der Waals surface area contributed by atoms with Crippen LogP contribution in [0.4, 0.5) is 0 Å². The van der Waals surface area contributed by atoms with Gasteiger partial charge in [-0.2, -0.15) is 25.3 Å². The van der Waals surface area contributed by atoms with Crippen molar-refractivity contribution >= 4 is 107 Å². The number of carbonyl (C=O) groups excluding carboxylic acids is 10. The highest BCUT2D eigenvalue weighted by molar-refractivity contribution is 7.80. The number of hydrogen-bond donors (Lipinski definition) is 18. The minimum absolute atomic E-state index is 0.000726. The van der Waals surface area contributed by atoms with Crippen LogP contribution in [0.3, 0.4) is 0 Å². The smallest absolute Gasteiger partial charge is 0.326 e. The standard InChI is InChI=1S/C62H85N13O16S2/c1-32(2)50(62(90)91)73-59(87)47(31-93)72-55(83)43(26-36-19-21-38(77)22-20-36)67-53(81)41(17-10-11-23-63)66-56(84)44(27-37-29-65-40-16-9-8-15-39(37)40)69-54(82)42(25-35-13-6-5-7-14-35)68-58(86)46(30-92)71-57(85)45(28-49(78)79)70-60(88)48-18-12-24-75(48)61(89)51(34(4)76)74-52(80)33(3)64/h5-9,13-16,19-22,29,32-34,41-48,50-51,65,76-77,92-93H,10-12,17-18,23-28,30-31,63-64H2,1-4H3,(H,66,84)(H,67,81)(H,68,86)(H,69,82)(H,70,88)(H,71,85)(H,72,83)(H,73,87)(H,74,80)(H,78,79)(H,90,91)/t33?,34-,41+,42+,43+,44+,45+,46+,47+,48-,50+,51+/m1/s1. The molecule has 1 aliphatic rings. The van der Waals surface area contributed by atoms with Crippen molar-refractivity contribution in [3.63, 3.8) is 0 Å². The lowest BCUT2D eigenvalue weighted by molar-refractivity contribution is -0.145. The second kappa shape index (κ2) is 36.5. The number of nitrogens with zero attached hydrogens (tertiary/aromatic N) is 1. The number of amides is 10. The Morgan fingerprint density at radius 1 is 0.581 bits per heavy atom. The van der Waals surface area contributed by atoms with E-state index in [2.05, 4.69) is 78.1 Å². The fourth-order valence-corrected chi connectivity index (χ4v) is 10.7. The van der Waals surface area contributed by atoms with Crippen LogP contribution in [0.5, 0.6) is 5.75 Å². The van der Waals surface area contributed by atoms with E-state index in [9.17, 15) is 73.2 Å². The fourth-order valence-electron chi connectivity index (χ4n) is 10.2. The van der Waals surface area contributed by atoms with Gasteiger partial charge in [0.1, 0.15) is 66.2 Å². The summed E-state index contributed by atoms with van der Waals surface area (Å²) in [6.45, 7) is 5.97. The molecule has 93 heavy (non-hydrogen) atoms. The lowest BCUT2D eigenvalue weighted by atomic mass is 10.0. The van der Waals surface area contributed by atoms with Crippen molar-refractivity contribution in [2.75, 3.05) is 24.6 Å². The van der Waals surface area contributed by atoms with E-state index in [1.807, 2.05) is 0 Å². The minimum atomic E-state index is -1.85. The number of phenols is 1. The molecule has 0 aliphatic carbocycles. The Kier molecular flexibility index (Phi) is 29.4. The number of para-hydroxylation sites is 1. The second-order valence-corrected chi connectivity index (χ2v) is 23.8. The molecule has 0 bridgehead atoms. The number of rotatable bonds is 36. The number of aromatic nitrogens is 1. The number of nitrogens with one attached hydrogen (secondary N) is 10. The first kappa shape index (κ1) is 74.9. The first-order chi connectivity index (χ1) is 44.2. The van der Waals surface area contributed by atoms with Crippen LogP contribution in [0, 0.1) is 5.92 Å². The van der Waals surface area contributed by atoms with E-state index in [0.717, 1.165) is 4.90 Å². The van der Waals surface area contributed by atoms with Gasteiger partial charge in [-0.1, -0.05) is 74.5 Å². The lowest BCUT2D eigenvalue weighted by Gasteiger charge is -2.31. The van der Waals surface area contributed by atoms with Gasteiger partial charge in [-0.3, -0.25) is 52.7 Å². The predicted molar refractivity (Wildman–Crippen MR) is 347 cm³/mol. The van der Waals surface area contributed by atoms with E-state index >= 15 is 4.79 Å². The number of unbranched alkanes of at least 4 members (excludes halogenated alkanes) is 1. The number of carboxylic acids is 2. The molecule has 0 radical (unpaired) electrons. The molecule has 10 amide bonds. The van der Waals surface area contributed by atoms with Crippen LogP contribution in [-0.4, -0.2) is 198 Å². The molecule has 0 spiro atoms. The zero-order valence-corrected chi connectivity index (χ0v) is 53.8. The molecule has 29 nitrogen and oxygen atoms in total. The highest BCUT2D eigenvalue weighted by atomic mass is 32.1. The molecular formula is C62H85N13O16S2. The van der Waals surface area contributed by atoms with E-state index in [-0.39, 0.29) is 69.5 Å². The molecule has 506 valence electrons. The molecule has 1 aliphatic heterocycles. The van der Waals surface area contributed by atoms with Crippen LogP contribution in [0.2, 0.25) is 0 Å².